The summed E-state index contributed by atoms with van der Waals surface area (Å²) in [6.07, 6.45) is 0.816. The smallest absolute Gasteiger partial charge is 0.377 e. The van der Waals surface area contributed by atoms with Crippen molar-refractivity contribution in [1.29, 1.82) is 0 Å². The van der Waals surface area contributed by atoms with E-state index < -0.39 is 17.6 Å². The summed E-state index contributed by atoms with van der Waals surface area (Å²) in [5.41, 5.74) is 0.0892. The molecule has 0 amide bonds. The van der Waals surface area contributed by atoms with E-state index >= 15 is 0 Å². The fourth-order valence-electron chi connectivity index (χ4n) is 5.81. The molecule has 5 rings (SSSR count). The lowest BCUT2D eigenvalue weighted by Crippen LogP contribution is -2.35. The molecule has 0 spiro atoms. The number of likely N-dealkylation sites (tertiary alicyclic amines) is 1. The number of hydrogen-bond donors (Lipinski definition) is 1. The fourth-order valence-corrected chi connectivity index (χ4v) is 5.81. The first-order chi connectivity index (χ1) is 16.3. The lowest BCUT2D eigenvalue weighted by molar-refractivity contribution is -0.137. The number of nitrogens with zero attached hydrogens (tertiary/aromatic N) is 3. The van der Waals surface area contributed by atoms with Gasteiger partial charge in [-0.15, -0.1) is 10.2 Å². The maximum atomic E-state index is 13.9. The number of aryl methyl sites for hydroxylation is 1. The molecule has 2 unspecified atom stereocenters. The number of ether oxygens (including phenoxy) is 1. The van der Waals surface area contributed by atoms with E-state index in [0.29, 0.717) is 29.1 Å². The third-order valence-corrected chi connectivity index (χ3v) is 7.48. The van der Waals surface area contributed by atoms with E-state index in [2.05, 4.69) is 20.4 Å². The Morgan fingerprint density at radius 2 is 1.85 bits per heavy atom. The van der Waals surface area contributed by atoms with E-state index in [-0.39, 0.29) is 17.6 Å². The van der Waals surface area contributed by atoms with Gasteiger partial charge in [-0.25, -0.2) is 4.39 Å². The van der Waals surface area contributed by atoms with Gasteiger partial charge in [-0.1, -0.05) is 6.07 Å². The molecule has 3 heterocycles. The maximum Gasteiger partial charge on any atom is 0.420 e. The monoisotopic (exact) mass is 478 g/mol. The molecule has 1 saturated carbocycles. The highest BCUT2D eigenvalue weighted by atomic mass is 19.4. The summed E-state index contributed by atoms with van der Waals surface area (Å²) in [6.45, 7) is 5.45. The van der Waals surface area contributed by atoms with Crippen molar-refractivity contribution in [3.8, 4) is 11.3 Å². The minimum atomic E-state index is -4.60. The molecular weight excluding hydrogens is 448 g/mol. The van der Waals surface area contributed by atoms with Gasteiger partial charge in [0.2, 0.25) is 0 Å². The van der Waals surface area contributed by atoms with Crippen LogP contribution in [0.1, 0.15) is 43.2 Å². The summed E-state index contributed by atoms with van der Waals surface area (Å²) >= 11 is 0. The zero-order valence-electron chi connectivity index (χ0n) is 19.2. The number of aromatic nitrogens is 2. The van der Waals surface area contributed by atoms with Gasteiger partial charge in [0.1, 0.15) is 11.4 Å². The normalized spacial score (nSPS) is 27.7. The van der Waals surface area contributed by atoms with Crippen molar-refractivity contribution in [2.45, 2.75) is 57.3 Å². The van der Waals surface area contributed by atoms with E-state index in [4.69, 9.17) is 4.74 Å². The Balaban J connectivity index is 1.26. The van der Waals surface area contributed by atoms with Crippen LogP contribution in [-0.2, 0) is 10.9 Å². The number of halogens is 4. The molecule has 184 valence electrons. The van der Waals surface area contributed by atoms with Crippen molar-refractivity contribution >= 4 is 5.82 Å². The van der Waals surface area contributed by atoms with E-state index in [0.717, 1.165) is 58.0 Å². The van der Waals surface area contributed by atoms with Crippen LogP contribution in [-0.4, -0.2) is 53.5 Å². The molecule has 1 aromatic carbocycles. The molecular formula is C25H30F4N4O. The number of hydrogen-bond acceptors (Lipinski definition) is 5. The Kier molecular flexibility index (Phi) is 6.50. The highest BCUT2D eigenvalue weighted by molar-refractivity contribution is 5.65. The Bertz CT molecular complexity index is 1010. The molecule has 2 aromatic rings. The van der Waals surface area contributed by atoms with Crippen molar-refractivity contribution in [1.82, 2.24) is 15.1 Å². The molecule has 0 radical (unpaired) electrons. The lowest BCUT2D eigenvalue weighted by Gasteiger charge is -2.28. The molecule has 2 aliphatic heterocycles. The topological polar surface area (TPSA) is 50.3 Å². The van der Waals surface area contributed by atoms with Crippen molar-refractivity contribution in [2.75, 3.05) is 31.6 Å². The van der Waals surface area contributed by atoms with Crippen LogP contribution in [0.25, 0.3) is 11.3 Å². The molecule has 2 saturated heterocycles. The van der Waals surface area contributed by atoms with Crippen molar-refractivity contribution in [2.24, 2.45) is 11.8 Å². The van der Waals surface area contributed by atoms with E-state index in [9.17, 15) is 17.6 Å². The van der Waals surface area contributed by atoms with Gasteiger partial charge < -0.3 is 15.0 Å². The second-order valence-electron chi connectivity index (χ2n) is 9.99. The number of rotatable bonds is 5. The van der Waals surface area contributed by atoms with Crippen molar-refractivity contribution in [3.05, 3.63) is 41.2 Å². The summed E-state index contributed by atoms with van der Waals surface area (Å²) in [4.78, 5) is 2.46. The highest BCUT2D eigenvalue weighted by Gasteiger charge is 2.43. The molecule has 9 heteroatoms. The van der Waals surface area contributed by atoms with Crippen LogP contribution in [0.2, 0.25) is 0 Å². The third kappa shape index (κ3) is 5.05. The van der Waals surface area contributed by atoms with Crippen LogP contribution < -0.4 is 5.32 Å². The van der Waals surface area contributed by atoms with Crippen LogP contribution >= 0.6 is 0 Å². The summed E-state index contributed by atoms with van der Waals surface area (Å²) in [5, 5.41) is 11.0. The van der Waals surface area contributed by atoms with E-state index in [1.807, 2.05) is 0 Å². The van der Waals surface area contributed by atoms with Crippen molar-refractivity contribution < 1.29 is 22.3 Å². The zero-order valence-corrected chi connectivity index (χ0v) is 19.2. The predicted molar refractivity (Wildman–Crippen MR) is 121 cm³/mol. The van der Waals surface area contributed by atoms with E-state index in [1.165, 1.54) is 24.6 Å². The van der Waals surface area contributed by atoms with Gasteiger partial charge >= 0.3 is 6.18 Å². The summed E-state index contributed by atoms with van der Waals surface area (Å²) in [5.74, 6) is 0.165. The van der Waals surface area contributed by atoms with Crippen LogP contribution in [0.3, 0.4) is 0 Å². The quantitative estimate of drug-likeness (QED) is 0.591. The maximum absolute atomic E-state index is 13.9. The number of nitrogens with one attached hydrogen (secondary N) is 1. The second kappa shape index (κ2) is 9.41. The Morgan fingerprint density at radius 1 is 1.09 bits per heavy atom. The summed E-state index contributed by atoms with van der Waals surface area (Å²) in [7, 11) is 0. The second-order valence-corrected chi connectivity index (χ2v) is 9.99. The number of fused-ring (bicyclic) bond motifs is 1. The zero-order chi connectivity index (χ0) is 23.9. The third-order valence-electron chi connectivity index (χ3n) is 7.48. The Morgan fingerprint density at radius 3 is 2.53 bits per heavy atom. The molecule has 1 aliphatic carbocycles. The van der Waals surface area contributed by atoms with Gasteiger partial charge in [0, 0.05) is 37.8 Å². The van der Waals surface area contributed by atoms with Gasteiger partial charge in [-0.3, -0.25) is 0 Å². The van der Waals surface area contributed by atoms with Gasteiger partial charge in [0.25, 0.3) is 0 Å². The van der Waals surface area contributed by atoms with Crippen LogP contribution in [0.5, 0.6) is 0 Å². The predicted octanol–water partition coefficient (Wildman–Crippen LogP) is 5.30. The minimum Gasteiger partial charge on any atom is -0.377 e. The van der Waals surface area contributed by atoms with Crippen LogP contribution in [0.4, 0.5) is 23.4 Å². The summed E-state index contributed by atoms with van der Waals surface area (Å²) < 4.78 is 61.3. The van der Waals surface area contributed by atoms with E-state index in [1.54, 1.807) is 6.92 Å². The molecule has 1 N–H and O–H groups in total. The first-order valence-electron chi connectivity index (χ1n) is 12.1. The molecule has 34 heavy (non-hydrogen) atoms. The molecule has 0 bridgehead atoms. The first-order valence-corrected chi connectivity index (χ1v) is 12.1. The molecule has 1 aromatic heterocycles. The highest BCUT2D eigenvalue weighted by Crippen LogP contribution is 2.41. The minimum absolute atomic E-state index is 0.0127. The standard InChI is InChI=1S/C25H30F4N4O/c1-15-5-6-18(26)10-21(15)23-11-22(25(27,28)29)24(32-31-23)30-19-8-16-12-33(13-17(16)9-19)14-20-4-2-3-7-34-20/h5-6,10-11,16-17,19-20H,2-4,7-9,12-14H2,1H3,(H,30,32)/t16-,17+,19?,20?. The fraction of sp³-hybridized carbons (Fsp3) is 0.600. The Hall–Kier alpha value is -2.26. The molecule has 3 aliphatic rings. The lowest BCUT2D eigenvalue weighted by atomic mass is 10.0. The first kappa shape index (κ1) is 23.5. The average Bonchev–Trinajstić information content (AvgIpc) is 3.33. The molecule has 4 atom stereocenters. The molecule has 3 fully saturated rings. The Labute approximate surface area is 196 Å². The number of benzene rings is 1. The number of alkyl halides is 3. The van der Waals surface area contributed by atoms with Gasteiger partial charge in [0.05, 0.1) is 11.8 Å². The van der Waals surface area contributed by atoms with Gasteiger partial charge in [0.15, 0.2) is 5.82 Å². The number of anilines is 1. The SMILES string of the molecule is Cc1ccc(F)cc1-c1cc(C(F)(F)F)c(NC2C[C@@H]3CN(CC4CCCCO4)C[C@@H]3C2)nn1. The molecule has 5 nitrogen and oxygen atoms in total. The van der Waals surface area contributed by atoms with Crippen molar-refractivity contribution in [3.63, 3.8) is 0 Å². The largest absolute Gasteiger partial charge is 0.420 e. The van der Waals surface area contributed by atoms with Crippen LogP contribution in [0.15, 0.2) is 24.3 Å². The summed E-state index contributed by atoms with van der Waals surface area (Å²) in [6, 6.07) is 4.88. The van der Waals surface area contributed by atoms with Crippen LogP contribution in [0, 0.1) is 24.6 Å². The van der Waals surface area contributed by atoms with Gasteiger partial charge in [-0.05, 0) is 74.6 Å². The average molecular weight is 479 g/mol. The van der Waals surface area contributed by atoms with Gasteiger partial charge in [-0.2, -0.15) is 13.2 Å².